The minimum absolute atomic E-state index is 0.491. The highest BCUT2D eigenvalue weighted by Crippen LogP contribution is 2.31. The summed E-state index contributed by atoms with van der Waals surface area (Å²) in [5.41, 5.74) is 8.88. The number of nitrogens with two attached hydrogens (primary N) is 1. The first-order valence-electron chi connectivity index (χ1n) is 5.04. The first-order chi connectivity index (χ1) is 7.61. The molecule has 1 aromatic heterocycles. The zero-order valence-corrected chi connectivity index (χ0v) is 10.8. The third kappa shape index (κ3) is 2.12. The monoisotopic (exact) mass is 252 g/mol. The molecule has 0 aliphatic carbocycles. The zero-order valence-electron chi connectivity index (χ0n) is 9.25. The van der Waals surface area contributed by atoms with Crippen LogP contribution in [0.25, 0.3) is 11.3 Å². The summed E-state index contributed by atoms with van der Waals surface area (Å²) in [7, 11) is 0. The highest BCUT2D eigenvalue weighted by molar-refractivity contribution is 7.12. The van der Waals surface area contributed by atoms with E-state index in [1.807, 2.05) is 18.2 Å². The number of hydrogen-bond donors (Lipinski definition) is 1. The predicted molar refractivity (Wildman–Crippen MR) is 69.9 cm³/mol. The second kappa shape index (κ2) is 4.53. The van der Waals surface area contributed by atoms with Crippen LogP contribution in [0, 0.1) is 13.8 Å². The fourth-order valence-electron chi connectivity index (χ4n) is 1.64. The molecule has 84 valence electrons. The molecule has 0 amide bonds. The van der Waals surface area contributed by atoms with E-state index in [0.717, 1.165) is 21.3 Å². The van der Waals surface area contributed by atoms with Gasteiger partial charge in [-0.25, -0.2) is 4.98 Å². The van der Waals surface area contributed by atoms with Crippen LogP contribution in [0.2, 0.25) is 5.02 Å². The van der Waals surface area contributed by atoms with E-state index >= 15 is 0 Å². The molecule has 4 heteroatoms. The van der Waals surface area contributed by atoms with Gasteiger partial charge in [-0.1, -0.05) is 17.7 Å². The molecule has 1 aromatic carbocycles. The number of hydrogen-bond acceptors (Lipinski definition) is 3. The van der Waals surface area contributed by atoms with Gasteiger partial charge in [0.15, 0.2) is 0 Å². The van der Waals surface area contributed by atoms with Crippen molar-refractivity contribution in [3.8, 4) is 11.3 Å². The molecule has 2 rings (SSSR count). The number of benzene rings is 1. The first-order valence-corrected chi connectivity index (χ1v) is 6.24. The third-order valence-corrected chi connectivity index (χ3v) is 3.70. The number of thiazole rings is 1. The van der Waals surface area contributed by atoms with Crippen LogP contribution in [-0.4, -0.2) is 4.98 Å². The maximum absolute atomic E-state index is 6.01. The fourth-order valence-corrected chi connectivity index (χ4v) is 2.64. The Labute approximate surface area is 104 Å². The molecule has 0 bridgehead atoms. The molecule has 0 aliphatic rings. The molecule has 0 unspecified atom stereocenters. The van der Waals surface area contributed by atoms with Crippen LogP contribution >= 0.6 is 22.9 Å². The lowest BCUT2D eigenvalue weighted by molar-refractivity contribution is 1.04. The SMILES string of the molecule is Cc1ccc(Cl)cc1-c1nc(CN)sc1C. The van der Waals surface area contributed by atoms with Crippen molar-refractivity contribution in [2.24, 2.45) is 5.73 Å². The van der Waals surface area contributed by atoms with Crippen LogP contribution in [0.1, 0.15) is 15.4 Å². The Morgan fingerprint density at radius 2 is 2.12 bits per heavy atom. The van der Waals surface area contributed by atoms with Crippen molar-refractivity contribution in [3.05, 3.63) is 38.7 Å². The molecule has 0 fully saturated rings. The molecule has 0 aliphatic heterocycles. The minimum Gasteiger partial charge on any atom is -0.325 e. The summed E-state index contributed by atoms with van der Waals surface area (Å²) in [4.78, 5) is 5.72. The zero-order chi connectivity index (χ0) is 11.7. The van der Waals surface area contributed by atoms with Gasteiger partial charge in [-0.05, 0) is 31.5 Å². The summed E-state index contributed by atoms with van der Waals surface area (Å²) < 4.78 is 0. The van der Waals surface area contributed by atoms with Crippen molar-refractivity contribution >= 4 is 22.9 Å². The van der Waals surface area contributed by atoms with E-state index in [0.29, 0.717) is 6.54 Å². The maximum atomic E-state index is 6.01. The molecule has 16 heavy (non-hydrogen) atoms. The molecule has 2 nitrogen and oxygen atoms in total. The summed E-state index contributed by atoms with van der Waals surface area (Å²) in [6.45, 7) is 4.62. The van der Waals surface area contributed by atoms with E-state index < -0.39 is 0 Å². The van der Waals surface area contributed by atoms with E-state index in [1.165, 1.54) is 10.4 Å². The Morgan fingerprint density at radius 3 is 2.75 bits per heavy atom. The van der Waals surface area contributed by atoms with Crippen molar-refractivity contribution in [3.63, 3.8) is 0 Å². The first kappa shape index (κ1) is 11.6. The maximum Gasteiger partial charge on any atom is 0.107 e. The van der Waals surface area contributed by atoms with E-state index in [1.54, 1.807) is 11.3 Å². The molecule has 0 atom stereocenters. The summed E-state index contributed by atoms with van der Waals surface area (Å²) >= 11 is 7.66. The van der Waals surface area contributed by atoms with Crippen LogP contribution in [0.3, 0.4) is 0 Å². The molecular weight excluding hydrogens is 240 g/mol. The quantitative estimate of drug-likeness (QED) is 0.888. The van der Waals surface area contributed by atoms with Crippen molar-refractivity contribution in [1.29, 1.82) is 0 Å². The molecule has 2 aromatic rings. The normalized spacial score (nSPS) is 10.8. The van der Waals surface area contributed by atoms with Crippen LogP contribution in [0.4, 0.5) is 0 Å². The number of aryl methyl sites for hydroxylation is 2. The second-order valence-electron chi connectivity index (χ2n) is 3.68. The third-order valence-electron chi connectivity index (χ3n) is 2.47. The second-order valence-corrected chi connectivity index (χ2v) is 5.40. The lowest BCUT2D eigenvalue weighted by Gasteiger charge is -2.04. The standard InChI is InChI=1S/C12H13ClN2S/c1-7-3-4-9(13)5-10(7)12-8(2)16-11(6-14)15-12/h3-5H,6,14H2,1-2H3. The van der Waals surface area contributed by atoms with Crippen molar-refractivity contribution < 1.29 is 0 Å². The average molecular weight is 253 g/mol. The summed E-state index contributed by atoms with van der Waals surface area (Å²) in [6.07, 6.45) is 0. The van der Waals surface area contributed by atoms with Gasteiger partial charge in [0.25, 0.3) is 0 Å². The van der Waals surface area contributed by atoms with E-state index in [-0.39, 0.29) is 0 Å². The van der Waals surface area contributed by atoms with Gasteiger partial charge in [0, 0.05) is 22.0 Å². The van der Waals surface area contributed by atoms with Crippen LogP contribution < -0.4 is 5.73 Å². The van der Waals surface area contributed by atoms with Gasteiger partial charge in [0.05, 0.1) is 5.69 Å². The highest BCUT2D eigenvalue weighted by Gasteiger charge is 2.11. The molecule has 1 heterocycles. The van der Waals surface area contributed by atoms with Crippen LogP contribution in [0.5, 0.6) is 0 Å². The minimum atomic E-state index is 0.491. The predicted octanol–water partition coefficient (Wildman–Crippen LogP) is 3.54. The van der Waals surface area contributed by atoms with Crippen molar-refractivity contribution in [2.45, 2.75) is 20.4 Å². The Hall–Kier alpha value is -0.900. The van der Waals surface area contributed by atoms with E-state index in [4.69, 9.17) is 17.3 Å². The van der Waals surface area contributed by atoms with Gasteiger partial charge >= 0.3 is 0 Å². The largest absolute Gasteiger partial charge is 0.325 e. The Balaban J connectivity index is 2.57. The number of halogens is 1. The van der Waals surface area contributed by atoms with Gasteiger partial charge in [-0.15, -0.1) is 11.3 Å². The lowest BCUT2D eigenvalue weighted by Crippen LogP contribution is -1.95. The lowest BCUT2D eigenvalue weighted by atomic mass is 10.1. The molecular formula is C12H13ClN2S. The summed E-state index contributed by atoms with van der Waals surface area (Å²) in [5.74, 6) is 0. The summed E-state index contributed by atoms with van der Waals surface area (Å²) in [6, 6.07) is 5.86. The number of rotatable bonds is 2. The van der Waals surface area contributed by atoms with Gasteiger partial charge in [-0.3, -0.25) is 0 Å². The fraction of sp³-hybridized carbons (Fsp3) is 0.250. The average Bonchev–Trinajstić information content (AvgIpc) is 2.63. The number of aromatic nitrogens is 1. The molecule has 0 spiro atoms. The Bertz CT molecular complexity index is 520. The molecule has 2 N–H and O–H groups in total. The molecule has 0 saturated carbocycles. The van der Waals surface area contributed by atoms with Gasteiger partial charge in [0.1, 0.15) is 5.01 Å². The topological polar surface area (TPSA) is 38.9 Å². The van der Waals surface area contributed by atoms with E-state index in [2.05, 4.69) is 18.8 Å². The summed E-state index contributed by atoms with van der Waals surface area (Å²) in [5, 5.41) is 1.70. The highest BCUT2D eigenvalue weighted by atomic mass is 35.5. The van der Waals surface area contributed by atoms with Crippen LogP contribution in [0.15, 0.2) is 18.2 Å². The Kier molecular flexibility index (Phi) is 3.28. The van der Waals surface area contributed by atoms with Gasteiger partial charge in [-0.2, -0.15) is 0 Å². The van der Waals surface area contributed by atoms with Gasteiger partial charge < -0.3 is 5.73 Å². The van der Waals surface area contributed by atoms with Crippen LogP contribution in [-0.2, 0) is 6.54 Å². The van der Waals surface area contributed by atoms with Gasteiger partial charge in [0.2, 0.25) is 0 Å². The molecule has 0 saturated heterocycles. The van der Waals surface area contributed by atoms with Crippen molar-refractivity contribution in [1.82, 2.24) is 4.98 Å². The number of nitrogens with zero attached hydrogens (tertiary/aromatic N) is 1. The van der Waals surface area contributed by atoms with E-state index in [9.17, 15) is 0 Å². The molecule has 0 radical (unpaired) electrons. The Morgan fingerprint density at radius 1 is 1.38 bits per heavy atom. The van der Waals surface area contributed by atoms with Crippen molar-refractivity contribution in [2.75, 3.05) is 0 Å². The smallest absolute Gasteiger partial charge is 0.107 e.